The second kappa shape index (κ2) is 4.87. The Morgan fingerprint density at radius 1 is 1.43 bits per heavy atom. The average molecular weight is 190 g/mol. The van der Waals surface area contributed by atoms with Gasteiger partial charge in [-0.15, -0.1) is 0 Å². The van der Waals surface area contributed by atoms with Crippen LogP contribution in [-0.4, -0.2) is 11.1 Å². The van der Waals surface area contributed by atoms with E-state index in [4.69, 9.17) is 10.4 Å². The molecular weight excluding hydrogens is 180 g/mol. The molecule has 0 radical (unpaired) electrons. The smallest absolute Gasteiger partial charge is 0.303 e. The summed E-state index contributed by atoms with van der Waals surface area (Å²) in [4.78, 5) is 10.3. The molecule has 0 amide bonds. The van der Waals surface area contributed by atoms with E-state index in [0.717, 1.165) is 5.56 Å². The molecule has 72 valence electrons. The first-order valence-electron chi connectivity index (χ1n) is 4.18. The zero-order valence-corrected chi connectivity index (χ0v) is 7.53. The average Bonchev–Trinajstić information content (AvgIpc) is 2.17. The van der Waals surface area contributed by atoms with E-state index >= 15 is 0 Å². The molecule has 0 aliphatic carbocycles. The largest absolute Gasteiger partial charge is 0.481 e. The number of carbonyl (C=O) groups is 1. The first-order valence-corrected chi connectivity index (χ1v) is 4.18. The van der Waals surface area contributed by atoms with Crippen molar-refractivity contribution in [3.05, 3.63) is 29.8 Å². The van der Waals surface area contributed by atoms with Crippen LogP contribution in [0, 0.1) is 11.5 Å². The number of hydrogen-bond donors (Lipinski definition) is 2. The number of rotatable bonds is 4. The fraction of sp³-hybridized carbons (Fsp3) is 0.200. The summed E-state index contributed by atoms with van der Waals surface area (Å²) < 4.78 is 0. The minimum Gasteiger partial charge on any atom is -0.481 e. The molecule has 14 heavy (non-hydrogen) atoms. The molecule has 1 aromatic rings. The molecule has 4 nitrogen and oxygen atoms in total. The van der Waals surface area contributed by atoms with Gasteiger partial charge in [0.2, 0.25) is 0 Å². The first-order chi connectivity index (χ1) is 6.72. The van der Waals surface area contributed by atoms with Gasteiger partial charge in [-0.2, -0.15) is 5.26 Å². The number of benzene rings is 1. The highest BCUT2D eigenvalue weighted by atomic mass is 16.4. The lowest BCUT2D eigenvalue weighted by molar-refractivity contribution is -0.136. The predicted octanol–water partition coefficient (Wildman–Crippen LogP) is 1.60. The molecule has 0 atom stereocenters. The summed E-state index contributed by atoms with van der Waals surface area (Å²) in [7, 11) is 0. The molecule has 2 N–H and O–H groups in total. The van der Waals surface area contributed by atoms with Crippen molar-refractivity contribution in [2.75, 3.05) is 5.32 Å². The Balaban J connectivity index is 2.56. The number of anilines is 1. The van der Waals surface area contributed by atoms with Crippen molar-refractivity contribution in [3.8, 4) is 6.19 Å². The van der Waals surface area contributed by atoms with Crippen molar-refractivity contribution in [1.82, 2.24) is 0 Å². The first kappa shape index (κ1) is 10.1. The van der Waals surface area contributed by atoms with Gasteiger partial charge in [0.25, 0.3) is 0 Å². The Labute approximate surface area is 81.8 Å². The number of aryl methyl sites for hydroxylation is 1. The van der Waals surface area contributed by atoms with Gasteiger partial charge in [0, 0.05) is 12.1 Å². The quantitative estimate of drug-likeness (QED) is 0.558. The molecule has 0 aliphatic rings. The molecule has 0 saturated carbocycles. The predicted molar refractivity (Wildman–Crippen MR) is 51.6 cm³/mol. The van der Waals surface area contributed by atoms with E-state index in [9.17, 15) is 4.79 Å². The summed E-state index contributed by atoms with van der Waals surface area (Å²) in [6.07, 6.45) is 2.46. The van der Waals surface area contributed by atoms with Crippen LogP contribution in [0.5, 0.6) is 0 Å². The zero-order chi connectivity index (χ0) is 10.4. The number of nitrogens with zero attached hydrogens (tertiary/aromatic N) is 1. The molecule has 1 aromatic carbocycles. The van der Waals surface area contributed by atoms with E-state index < -0.39 is 5.97 Å². The Morgan fingerprint density at radius 3 is 2.57 bits per heavy atom. The minimum absolute atomic E-state index is 0.130. The number of carboxylic acids is 1. The van der Waals surface area contributed by atoms with Crippen molar-refractivity contribution >= 4 is 11.7 Å². The lowest BCUT2D eigenvalue weighted by atomic mass is 10.1. The maximum atomic E-state index is 10.3. The highest BCUT2D eigenvalue weighted by molar-refractivity contribution is 5.67. The van der Waals surface area contributed by atoms with Gasteiger partial charge in [-0.25, -0.2) is 0 Å². The fourth-order valence-corrected chi connectivity index (χ4v) is 1.07. The van der Waals surface area contributed by atoms with Crippen LogP contribution in [0.25, 0.3) is 0 Å². The van der Waals surface area contributed by atoms with E-state index in [0.29, 0.717) is 12.1 Å². The molecule has 0 bridgehead atoms. The highest BCUT2D eigenvalue weighted by Gasteiger charge is 1.98. The summed E-state index contributed by atoms with van der Waals surface area (Å²) in [6.45, 7) is 0. The second-order valence-electron chi connectivity index (χ2n) is 2.83. The van der Waals surface area contributed by atoms with Gasteiger partial charge in [0.05, 0.1) is 0 Å². The van der Waals surface area contributed by atoms with Crippen LogP contribution in [0.4, 0.5) is 5.69 Å². The maximum absolute atomic E-state index is 10.3. The van der Waals surface area contributed by atoms with Gasteiger partial charge in [0.1, 0.15) is 0 Å². The third-order valence-electron chi connectivity index (χ3n) is 1.78. The third-order valence-corrected chi connectivity index (χ3v) is 1.78. The van der Waals surface area contributed by atoms with Crippen molar-refractivity contribution in [2.45, 2.75) is 12.8 Å². The van der Waals surface area contributed by atoms with Crippen molar-refractivity contribution in [1.29, 1.82) is 5.26 Å². The highest BCUT2D eigenvalue weighted by Crippen LogP contribution is 2.10. The maximum Gasteiger partial charge on any atom is 0.303 e. The van der Waals surface area contributed by atoms with Crippen LogP contribution in [0.1, 0.15) is 12.0 Å². The summed E-state index contributed by atoms with van der Waals surface area (Å²) >= 11 is 0. The van der Waals surface area contributed by atoms with Gasteiger partial charge >= 0.3 is 5.97 Å². The van der Waals surface area contributed by atoms with Crippen molar-refractivity contribution < 1.29 is 9.90 Å². The van der Waals surface area contributed by atoms with Crippen molar-refractivity contribution in [2.24, 2.45) is 0 Å². The molecule has 0 unspecified atom stereocenters. The van der Waals surface area contributed by atoms with E-state index in [-0.39, 0.29) is 6.42 Å². The standard InChI is InChI=1S/C10H10N2O2/c11-7-12-9-4-1-8(2-5-9)3-6-10(13)14/h1-2,4-5,12H,3,6H2,(H,13,14). The Bertz CT molecular complexity index is 351. The van der Waals surface area contributed by atoms with Gasteiger partial charge < -0.3 is 5.11 Å². The van der Waals surface area contributed by atoms with E-state index in [2.05, 4.69) is 5.32 Å². The number of nitrogens with one attached hydrogen (secondary N) is 1. The normalized spacial score (nSPS) is 9.07. The molecule has 0 aliphatic heterocycles. The van der Waals surface area contributed by atoms with Crippen molar-refractivity contribution in [3.63, 3.8) is 0 Å². The topological polar surface area (TPSA) is 73.1 Å². The summed E-state index contributed by atoms with van der Waals surface area (Å²) in [5.74, 6) is -0.802. The monoisotopic (exact) mass is 190 g/mol. The number of nitriles is 1. The summed E-state index contributed by atoms with van der Waals surface area (Å²) in [6, 6.07) is 7.12. The van der Waals surface area contributed by atoms with Gasteiger partial charge in [-0.05, 0) is 24.1 Å². The molecule has 4 heteroatoms. The Morgan fingerprint density at radius 2 is 2.07 bits per heavy atom. The van der Waals surface area contributed by atoms with E-state index in [1.54, 1.807) is 12.1 Å². The van der Waals surface area contributed by atoms with Gasteiger partial charge in [-0.1, -0.05) is 12.1 Å². The molecule has 0 spiro atoms. The zero-order valence-electron chi connectivity index (χ0n) is 7.53. The Hall–Kier alpha value is -2.02. The second-order valence-corrected chi connectivity index (χ2v) is 2.83. The molecule has 0 saturated heterocycles. The molecule has 1 rings (SSSR count). The number of carboxylic acid groups (broad SMARTS) is 1. The summed E-state index contributed by atoms with van der Waals surface area (Å²) in [5, 5.41) is 19.3. The molecule has 0 heterocycles. The number of aliphatic carboxylic acids is 1. The lowest BCUT2D eigenvalue weighted by Crippen LogP contribution is -1.97. The molecular formula is C10H10N2O2. The molecule has 0 aromatic heterocycles. The Kier molecular flexibility index (Phi) is 3.50. The molecule has 0 fully saturated rings. The summed E-state index contributed by atoms with van der Waals surface area (Å²) in [5.41, 5.74) is 1.67. The van der Waals surface area contributed by atoms with E-state index in [1.165, 1.54) is 0 Å². The number of hydrogen-bond acceptors (Lipinski definition) is 3. The van der Waals surface area contributed by atoms with Crippen LogP contribution in [0.15, 0.2) is 24.3 Å². The lowest BCUT2D eigenvalue weighted by Gasteiger charge is -2.00. The van der Waals surface area contributed by atoms with Crippen LogP contribution >= 0.6 is 0 Å². The van der Waals surface area contributed by atoms with Crippen LogP contribution in [-0.2, 0) is 11.2 Å². The van der Waals surface area contributed by atoms with Crippen LogP contribution < -0.4 is 5.32 Å². The van der Waals surface area contributed by atoms with E-state index in [1.807, 2.05) is 18.3 Å². The van der Waals surface area contributed by atoms with Gasteiger partial charge in [-0.3, -0.25) is 10.1 Å². The van der Waals surface area contributed by atoms with Gasteiger partial charge in [0.15, 0.2) is 6.19 Å². The van der Waals surface area contributed by atoms with Crippen LogP contribution in [0.3, 0.4) is 0 Å². The third kappa shape index (κ3) is 3.15. The van der Waals surface area contributed by atoms with Crippen LogP contribution in [0.2, 0.25) is 0 Å². The SMILES string of the molecule is N#CNc1ccc(CCC(=O)O)cc1. The fourth-order valence-electron chi connectivity index (χ4n) is 1.07. The minimum atomic E-state index is -0.802.